The monoisotopic (exact) mass is 275 g/mol. The highest BCUT2D eigenvalue weighted by molar-refractivity contribution is 5.43. The van der Waals surface area contributed by atoms with E-state index in [1.54, 1.807) is 0 Å². The molecule has 0 spiro atoms. The first-order valence-electron chi connectivity index (χ1n) is 7.90. The molecule has 0 aromatic heterocycles. The van der Waals surface area contributed by atoms with Gasteiger partial charge in [-0.15, -0.1) is 0 Å². The molecule has 20 heavy (non-hydrogen) atoms. The molecular weight excluding hydrogens is 246 g/mol. The molecule has 0 amide bonds. The number of aryl methyl sites for hydroxylation is 3. The van der Waals surface area contributed by atoms with Gasteiger partial charge in [-0.3, -0.25) is 0 Å². The van der Waals surface area contributed by atoms with Crippen LogP contribution in [0.5, 0.6) is 5.75 Å². The van der Waals surface area contributed by atoms with E-state index in [9.17, 15) is 0 Å². The first-order chi connectivity index (χ1) is 9.42. The number of hydrogen-bond donors (Lipinski definition) is 1. The van der Waals surface area contributed by atoms with E-state index in [1.165, 1.54) is 16.7 Å². The zero-order chi connectivity index (χ0) is 14.9. The van der Waals surface area contributed by atoms with Gasteiger partial charge >= 0.3 is 0 Å². The third-order valence-electron chi connectivity index (χ3n) is 5.06. The SMILES string of the molecule is CCNC1CC(Oc2c(C)cc(C)cc2C)C1(C)CC. The second-order valence-corrected chi connectivity index (χ2v) is 6.54. The minimum absolute atomic E-state index is 0.250. The summed E-state index contributed by atoms with van der Waals surface area (Å²) in [4.78, 5) is 0. The molecule has 2 rings (SSSR count). The van der Waals surface area contributed by atoms with Gasteiger partial charge in [-0.25, -0.2) is 0 Å². The Kier molecular flexibility index (Phi) is 4.43. The third kappa shape index (κ3) is 2.58. The average molecular weight is 275 g/mol. The maximum absolute atomic E-state index is 6.41. The summed E-state index contributed by atoms with van der Waals surface area (Å²) < 4.78 is 6.41. The molecule has 2 nitrogen and oxygen atoms in total. The number of ether oxygens (including phenoxy) is 1. The Morgan fingerprint density at radius 3 is 2.30 bits per heavy atom. The summed E-state index contributed by atoms with van der Waals surface area (Å²) in [5.74, 6) is 1.09. The number of hydrogen-bond acceptors (Lipinski definition) is 2. The van der Waals surface area contributed by atoms with E-state index in [4.69, 9.17) is 4.74 Å². The number of rotatable bonds is 5. The van der Waals surface area contributed by atoms with Crippen molar-refractivity contribution >= 4 is 0 Å². The third-order valence-corrected chi connectivity index (χ3v) is 5.06. The van der Waals surface area contributed by atoms with E-state index in [-0.39, 0.29) is 5.41 Å². The zero-order valence-electron chi connectivity index (χ0n) is 13.8. The number of nitrogens with one attached hydrogen (secondary N) is 1. The lowest BCUT2D eigenvalue weighted by atomic mass is 9.61. The molecule has 1 fully saturated rings. The molecule has 112 valence electrons. The van der Waals surface area contributed by atoms with Crippen molar-refractivity contribution in [1.29, 1.82) is 0 Å². The molecule has 1 aliphatic rings. The smallest absolute Gasteiger partial charge is 0.125 e. The molecule has 1 saturated carbocycles. The molecule has 1 N–H and O–H groups in total. The summed E-state index contributed by atoms with van der Waals surface area (Å²) in [6, 6.07) is 5.02. The van der Waals surface area contributed by atoms with Gasteiger partial charge in [0.2, 0.25) is 0 Å². The molecular formula is C18H29NO. The largest absolute Gasteiger partial charge is 0.489 e. The summed E-state index contributed by atoms with van der Waals surface area (Å²) in [5.41, 5.74) is 4.07. The second-order valence-electron chi connectivity index (χ2n) is 6.54. The zero-order valence-corrected chi connectivity index (χ0v) is 13.8. The van der Waals surface area contributed by atoms with E-state index < -0.39 is 0 Å². The molecule has 1 aromatic carbocycles. The lowest BCUT2D eigenvalue weighted by molar-refractivity contribution is -0.0702. The summed E-state index contributed by atoms with van der Waals surface area (Å²) in [6.07, 6.45) is 2.60. The van der Waals surface area contributed by atoms with Gasteiger partial charge in [0, 0.05) is 17.9 Å². The Bertz CT molecular complexity index is 459. The maximum Gasteiger partial charge on any atom is 0.125 e. The highest BCUT2D eigenvalue weighted by Crippen LogP contribution is 2.46. The molecule has 1 aliphatic carbocycles. The van der Waals surface area contributed by atoms with E-state index in [0.29, 0.717) is 12.1 Å². The predicted molar refractivity (Wildman–Crippen MR) is 85.5 cm³/mol. The van der Waals surface area contributed by atoms with Crippen molar-refractivity contribution in [3.8, 4) is 5.75 Å². The normalized spacial score (nSPS) is 29.1. The minimum atomic E-state index is 0.250. The van der Waals surface area contributed by atoms with Crippen LogP contribution < -0.4 is 10.1 Å². The molecule has 3 unspecified atom stereocenters. The molecule has 0 bridgehead atoms. The Labute approximate surface area is 123 Å². The van der Waals surface area contributed by atoms with Crippen LogP contribution in [0.1, 0.15) is 50.3 Å². The van der Waals surface area contributed by atoms with Gasteiger partial charge < -0.3 is 10.1 Å². The van der Waals surface area contributed by atoms with Crippen LogP contribution in [0.15, 0.2) is 12.1 Å². The standard InChI is InChI=1S/C18H29NO/c1-7-18(6)15(19-8-2)11-16(18)20-17-13(4)9-12(3)10-14(17)5/h9-10,15-16,19H,7-8,11H2,1-6H3. The molecule has 1 aromatic rings. The van der Waals surface area contributed by atoms with Gasteiger partial charge in [-0.2, -0.15) is 0 Å². The Morgan fingerprint density at radius 2 is 1.80 bits per heavy atom. The summed E-state index contributed by atoms with van der Waals surface area (Å²) >= 11 is 0. The summed E-state index contributed by atoms with van der Waals surface area (Å²) in [7, 11) is 0. The summed E-state index contributed by atoms with van der Waals surface area (Å²) in [6.45, 7) is 14.3. The van der Waals surface area contributed by atoms with Crippen LogP contribution in [0, 0.1) is 26.2 Å². The van der Waals surface area contributed by atoms with Gasteiger partial charge in [0.1, 0.15) is 11.9 Å². The topological polar surface area (TPSA) is 21.3 Å². The Balaban J connectivity index is 2.16. The van der Waals surface area contributed by atoms with Crippen LogP contribution in [0.3, 0.4) is 0 Å². The second kappa shape index (κ2) is 5.77. The minimum Gasteiger partial charge on any atom is -0.489 e. The molecule has 0 aliphatic heterocycles. The van der Waals surface area contributed by atoms with Crippen molar-refractivity contribution in [2.45, 2.75) is 66.5 Å². The van der Waals surface area contributed by atoms with Crippen LogP contribution in [0.2, 0.25) is 0 Å². The first-order valence-corrected chi connectivity index (χ1v) is 7.90. The van der Waals surface area contributed by atoms with E-state index in [0.717, 1.165) is 25.1 Å². The molecule has 3 atom stereocenters. The highest BCUT2D eigenvalue weighted by Gasteiger charge is 2.51. The van der Waals surface area contributed by atoms with Crippen LogP contribution >= 0.6 is 0 Å². The quantitative estimate of drug-likeness (QED) is 0.871. The van der Waals surface area contributed by atoms with Crippen LogP contribution in [-0.2, 0) is 0 Å². The Hall–Kier alpha value is -1.02. The molecule has 0 saturated heterocycles. The predicted octanol–water partition coefficient (Wildman–Crippen LogP) is 4.16. The maximum atomic E-state index is 6.41. The van der Waals surface area contributed by atoms with Crippen molar-refractivity contribution in [1.82, 2.24) is 5.32 Å². The van der Waals surface area contributed by atoms with Crippen LogP contribution in [0.25, 0.3) is 0 Å². The van der Waals surface area contributed by atoms with Crippen LogP contribution in [-0.4, -0.2) is 18.7 Å². The van der Waals surface area contributed by atoms with Gasteiger partial charge in [0.25, 0.3) is 0 Å². The van der Waals surface area contributed by atoms with Crippen molar-refractivity contribution in [2.24, 2.45) is 5.41 Å². The van der Waals surface area contributed by atoms with E-state index in [2.05, 4.69) is 59.0 Å². The van der Waals surface area contributed by atoms with Gasteiger partial charge in [0.05, 0.1) is 0 Å². The van der Waals surface area contributed by atoms with Gasteiger partial charge in [-0.05, 0) is 44.9 Å². The van der Waals surface area contributed by atoms with Gasteiger partial charge in [-0.1, -0.05) is 38.5 Å². The molecule has 0 radical (unpaired) electrons. The van der Waals surface area contributed by atoms with Crippen molar-refractivity contribution < 1.29 is 4.74 Å². The van der Waals surface area contributed by atoms with Crippen molar-refractivity contribution in [2.75, 3.05) is 6.54 Å². The fourth-order valence-corrected chi connectivity index (χ4v) is 3.53. The van der Waals surface area contributed by atoms with Crippen molar-refractivity contribution in [3.05, 3.63) is 28.8 Å². The Morgan fingerprint density at radius 1 is 1.20 bits per heavy atom. The lowest BCUT2D eigenvalue weighted by Gasteiger charge is -2.53. The average Bonchev–Trinajstić information content (AvgIpc) is 2.39. The van der Waals surface area contributed by atoms with Crippen molar-refractivity contribution in [3.63, 3.8) is 0 Å². The number of benzene rings is 1. The fraction of sp³-hybridized carbons (Fsp3) is 0.667. The van der Waals surface area contributed by atoms with E-state index >= 15 is 0 Å². The molecule has 0 heterocycles. The van der Waals surface area contributed by atoms with Crippen LogP contribution in [0.4, 0.5) is 0 Å². The summed E-state index contributed by atoms with van der Waals surface area (Å²) in [5, 5.41) is 3.60. The molecule has 2 heteroatoms. The lowest BCUT2D eigenvalue weighted by Crippen LogP contribution is -2.63. The fourth-order valence-electron chi connectivity index (χ4n) is 3.53. The van der Waals surface area contributed by atoms with E-state index in [1.807, 2.05) is 0 Å². The first kappa shape index (κ1) is 15.4. The van der Waals surface area contributed by atoms with Gasteiger partial charge in [0.15, 0.2) is 0 Å². The highest BCUT2D eigenvalue weighted by atomic mass is 16.5.